The summed E-state index contributed by atoms with van der Waals surface area (Å²) in [6.45, 7) is 9.56. The van der Waals surface area contributed by atoms with Crippen molar-refractivity contribution < 1.29 is 5.11 Å². The lowest BCUT2D eigenvalue weighted by atomic mass is 10.1. The highest BCUT2D eigenvalue weighted by molar-refractivity contribution is 9.10. The van der Waals surface area contributed by atoms with E-state index >= 15 is 0 Å². The number of aliphatic hydroxyl groups is 1. The van der Waals surface area contributed by atoms with Crippen LogP contribution in [-0.2, 0) is 6.54 Å². The average Bonchev–Trinajstić information content (AvgIpc) is 2.28. The Morgan fingerprint density at radius 3 is 2.61 bits per heavy atom. The van der Waals surface area contributed by atoms with Gasteiger partial charge in [-0.2, -0.15) is 0 Å². The molecule has 2 nitrogen and oxygen atoms in total. The maximum absolute atomic E-state index is 9.16. The van der Waals surface area contributed by atoms with Crippen molar-refractivity contribution in [3.05, 3.63) is 28.2 Å². The predicted molar refractivity (Wildman–Crippen MR) is 83.1 cm³/mol. The van der Waals surface area contributed by atoms with Gasteiger partial charge in [0.1, 0.15) is 0 Å². The van der Waals surface area contributed by atoms with Crippen LogP contribution in [-0.4, -0.2) is 22.5 Å². The smallest absolute Gasteiger partial charge is 0.0550 e. The van der Waals surface area contributed by atoms with Gasteiger partial charge in [-0.05, 0) is 44.5 Å². The zero-order valence-corrected chi connectivity index (χ0v) is 13.9. The van der Waals surface area contributed by atoms with Gasteiger partial charge in [0.05, 0.1) is 6.61 Å². The van der Waals surface area contributed by atoms with Crippen LogP contribution in [0.5, 0.6) is 0 Å². The van der Waals surface area contributed by atoms with E-state index in [0.717, 1.165) is 11.0 Å². The number of thioether (sulfide) groups is 1. The Hall–Kier alpha value is -0.0300. The van der Waals surface area contributed by atoms with E-state index in [1.807, 2.05) is 13.0 Å². The first-order valence-electron chi connectivity index (χ1n) is 6.13. The van der Waals surface area contributed by atoms with Crippen LogP contribution in [0.2, 0.25) is 0 Å². The van der Waals surface area contributed by atoms with Gasteiger partial charge in [-0.3, -0.25) is 0 Å². The van der Waals surface area contributed by atoms with Crippen molar-refractivity contribution in [2.45, 2.75) is 49.9 Å². The highest BCUT2D eigenvalue weighted by Gasteiger charge is 2.12. The third-order valence-corrected chi connectivity index (χ3v) is 4.11. The van der Waals surface area contributed by atoms with Crippen LogP contribution in [0.25, 0.3) is 0 Å². The van der Waals surface area contributed by atoms with Gasteiger partial charge in [0.15, 0.2) is 0 Å². The Balaban J connectivity index is 2.83. The lowest BCUT2D eigenvalue weighted by molar-refractivity contribution is 0.300. The quantitative estimate of drug-likeness (QED) is 0.804. The average molecular weight is 332 g/mol. The molecule has 1 aromatic rings. The summed E-state index contributed by atoms with van der Waals surface area (Å²) in [6.07, 6.45) is 0. The van der Waals surface area contributed by atoms with Crippen molar-refractivity contribution >= 4 is 27.7 Å². The highest BCUT2D eigenvalue weighted by Crippen LogP contribution is 2.29. The van der Waals surface area contributed by atoms with E-state index in [0.29, 0.717) is 0 Å². The second-order valence-corrected chi connectivity index (χ2v) is 7.86. The molecular weight excluding hydrogens is 310 g/mol. The molecule has 2 N–H and O–H groups in total. The number of nitrogens with one attached hydrogen (secondary N) is 1. The van der Waals surface area contributed by atoms with Gasteiger partial charge in [-0.25, -0.2) is 0 Å². The van der Waals surface area contributed by atoms with Gasteiger partial charge in [-0.1, -0.05) is 22.9 Å². The molecule has 18 heavy (non-hydrogen) atoms. The van der Waals surface area contributed by atoms with Crippen LogP contribution in [0.3, 0.4) is 0 Å². The fraction of sp³-hybridized carbons (Fsp3) is 0.571. The Kier molecular flexibility index (Phi) is 6.18. The van der Waals surface area contributed by atoms with E-state index < -0.39 is 0 Å². The van der Waals surface area contributed by atoms with Gasteiger partial charge in [0.25, 0.3) is 0 Å². The van der Waals surface area contributed by atoms with Crippen LogP contribution >= 0.6 is 27.7 Å². The molecule has 1 rings (SSSR count). The molecule has 0 amide bonds. The van der Waals surface area contributed by atoms with E-state index in [9.17, 15) is 0 Å². The molecule has 1 unspecified atom stereocenters. The zero-order chi connectivity index (χ0) is 13.8. The molecule has 102 valence electrons. The third kappa shape index (κ3) is 5.74. The van der Waals surface area contributed by atoms with Crippen LogP contribution in [0.4, 0.5) is 0 Å². The minimum atomic E-state index is 0.104. The van der Waals surface area contributed by atoms with E-state index in [1.54, 1.807) is 11.8 Å². The number of rotatable bonds is 5. The van der Waals surface area contributed by atoms with E-state index in [2.05, 4.69) is 54.2 Å². The molecule has 0 heterocycles. The van der Waals surface area contributed by atoms with Crippen molar-refractivity contribution in [2.75, 3.05) is 6.61 Å². The topological polar surface area (TPSA) is 32.3 Å². The van der Waals surface area contributed by atoms with Gasteiger partial charge >= 0.3 is 0 Å². The summed E-state index contributed by atoms with van der Waals surface area (Å²) >= 11 is 5.23. The van der Waals surface area contributed by atoms with Crippen LogP contribution in [0.15, 0.2) is 27.6 Å². The molecule has 1 aromatic carbocycles. The first-order valence-corrected chi connectivity index (χ1v) is 7.80. The van der Waals surface area contributed by atoms with Crippen molar-refractivity contribution in [3.63, 3.8) is 0 Å². The van der Waals surface area contributed by atoms with Gasteiger partial charge in [0, 0.05) is 26.7 Å². The summed E-state index contributed by atoms with van der Waals surface area (Å²) < 4.78 is 1.09. The summed E-state index contributed by atoms with van der Waals surface area (Å²) in [7, 11) is 0. The van der Waals surface area contributed by atoms with Gasteiger partial charge < -0.3 is 10.4 Å². The van der Waals surface area contributed by atoms with E-state index in [4.69, 9.17) is 5.11 Å². The molecule has 0 fully saturated rings. The molecule has 0 spiro atoms. The standard InChI is InChI=1S/C14H22BrNOS/c1-10(9-17)18-13-6-5-12(15)7-11(13)8-16-14(2,3)4/h5-7,10,16-17H,8-9H2,1-4H3. The van der Waals surface area contributed by atoms with Crippen molar-refractivity contribution in [2.24, 2.45) is 0 Å². The number of hydrogen-bond acceptors (Lipinski definition) is 3. The molecule has 0 radical (unpaired) electrons. The Bertz CT molecular complexity index is 390. The molecule has 0 saturated heterocycles. The highest BCUT2D eigenvalue weighted by atomic mass is 79.9. The summed E-state index contributed by atoms with van der Waals surface area (Å²) in [6, 6.07) is 6.30. The predicted octanol–water partition coefficient (Wildman–Crippen LogP) is 3.81. The van der Waals surface area contributed by atoms with Crippen molar-refractivity contribution in [3.8, 4) is 0 Å². The molecule has 0 aliphatic rings. The number of halogens is 1. The molecule has 0 saturated carbocycles. The van der Waals surface area contributed by atoms with Gasteiger partial charge in [0.2, 0.25) is 0 Å². The fourth-order valence-corrected chi connectivity index (χ4v) is 2.76. The van der Waals surface area contributed by atoms with E-state index in [1.165, 1.54) is 10.5 Å². The normalized spacial score (nSPS) is 13.7. The Morgan fingerprint density at radius 2 is 2.06 bits per heavy atom. The molecule has 0 aliphatic carbocycles. The molecule has 0 aromatic heterocycles. The summed E-state index contributed by atoms with van der Waals surface area (Å²) in [5.74, 6) is 0. The van der Waals surface area contributed by atoms with Crippen molar-refractivity contribution in [1.29, 1.82) is 0 Å². The molecular formula is C14H22BrNOS. The maximum Gasteiger partial charge on any atom is 0.0550 e. The first kappa shape index (κ1) is 16.0. The SMILES string of the molecule is CC(CO)Sc1ccc(Br)cc1CNC(C)(C)C. The molecule has 0 aliphatic heterocycles. The Labute approximate surface area is 123 Å². The zero-order valence-electron chi connectivity index (χ0n) is 11.5. The molecule has 0 bridgehead atoms. The second kappa shape index (κ2) is 6.94. The van der Waals surface area contributed by atoms with E-state index in [-0.39, 0.29) is 17.4 Å². The van der Waals surface area contributed by atoms with Crippen LogP contribution in [0.1, 0.15) is 33.3 Å². The number of aliphatic hydroxyl groups excluding tert-OH is 1. The lowest BCUT2D eigenvalue weighted by Crippen LogP contribution is -2.35. The second-order valence-electron chi connectivity index (χ2n) is 5.47. The summed E-state index contributed by atoms with van der Waals surface area (Å²) in [5.41, 5.74) is 1.37. The number of hydrogen-bond donors (Lipinski definition) is 2. The summed E-state index contributed by atoms with van der Waals surface area (Å²) in [5, 5.41) is 12.9. The molecule has 4 heteroatoms. The van der Waals surface area contributed by atoms with Crippen molar-refractivity contribution in [1.82, 2.24) is 5.32 Å². The monoisotopic (exact) mass is 331 g/mol. The summed E-state index contributed by atoms with van der Waals surface area (Å²) in [4.78, 5) is 1.23. The fourth-order valence-electron chi connectivity index (χ4n) is 1.42. The minimum Gasteiger partial charge on any atom is -0.395 e. The first-order chi connectivity index (χ1) is 8.31. The lowest BCUT2D eigenvalue weighted by Gasteiger charge is -2.22. The Morgan fingerprint density at radius 1 is 1.39 bits per heavy atom. The van der Waals surface area contributed by atoms with Crippen LogP contribution in [0, 0.1) is 0 Å². The largest absolute Gasteiger partial charge is 0.395 e. The van der Waals surface area contributed by atoms with Gasteiger partial charge in [-0.15, -0.1) is 11.8 Å². The maximum atomic E-state index is 9.16. The third-order valence-electron chi connectivity index (χ3n) is 2.42. The number of benzene rings is 1. The van der Waals surface area contributed by atoms with Crippen LogP contribution < -0.4 is 5.32 Å². The molecule has 1 atom stereocenters. The minimum absolute atomic E-state index is 0.104.